The van der Waals surface area contributed by atoms with Gasteiger partial charge >= 0.3 is 11.9 Å². The van der Waals surface area contributed by atoms with Gasteiger partial charge in [0.05, 0.1) is 7.11 Å². The Balaban J connectivity index is 2.63. The lowest BCUT2D eigenvalue weighted by Crippen LogP contribution is -2.48. The SMILES string of the molecule is COC(=O)CC[C@@H](NC(=O)C1CCCCC1(C)C)C(=O)O. The van der Waals surface area contributed by atoms with Crippen molar-refractivity contribution in [2.75, 3.05) is 7.11 Å². The molecule has 0 aromatic rings. The first-order valence-electron chi connectivity index (χ1n) is 7.38. The van der Waals surface area contributed by atoms with Crippen molar-refractivity contribution in [3.05, 3.63) is 0 Å². The summed E-state index contributed by atoms with van der Waals surface area (Å²) in [5.74, 6) is -2.00. The van der Waals surface area contributed by atoms with Crippen LogP contribution >= 0.6 is 0 Å². The average molecular weight is 299 g/mol. The molecule has 1 saturated carbocycles. The zero-order valence-electron chi connectivity index (χ0n) is 13.0. The van der Waals surface area contributed by atoms with Crippen molar-refractivity contribution in [3.8, 4) is 0 Å². The van der Waals surface area contributed by atoms with Crippen molar-refractivity contribution in [1.29, 1.82) is 0 Å². The smallest absolute Gasteiger partial charge is 0.326 e. The zero-order valence-corrected chi connectivity index (χ0v) is 13.0. The van der Waals surface area contributed by atoms with Crippen LogP contribution in [0.2, 0.25) is 0 Å². The maximum atomic E-state index is 12.4. The minimum atomic E-state index is -1.12. The molecular formula is C15H25NO5. The number of carboxylic acids is 1. The summed E-state index contributed by atoms with van der Waals surface area (Å²) in [5.41, 5.74) is -0.117. The Hall–Kier alpha value is -1.59. The maximum Gasteiger partial charge on any atom is 0.326 e. The van der Waals surface area contributed by atoms with Gasteiger partial charge in [0, 0.05) is 12.3 Å². The number of carbonyl (C=O) groups is 3. The number of ether oxygens (including phenoxy) is 1. The predicted molar refractivity (Wildman–Crippen MR) is 76.6 cm³/mol. The van der Waals surface area contributed by atoms with Gasteiger partial charge in [0.2, 0.25) is 5.91 Å². The van der Waals surface area contributed by atoms with Crippen molar-refractivity contribution >= 4 is 17.8 Å². The zero-order chi connectivity index (χ0) is 16.0. The summed E-state index contributed by atoms with van der Waals surface area (Å²) in [6.45, 7) is 4.08. The Kier molecular flexibility index (Phi) is 6.18. The molecule has 0 heterocycles. The minimum Gasteiger partial charge on any atom is -0.480 e. The number of rotatable bonds is 6. The summed E-state index contributed by atoms with van der Waals surface area (Å²) >= 11 is 0. The van der Waals surface area contributed by atoms with Crippen LogP contribution < -0.4 is 5.32 Å². The summed E-state index contributed by atoms with van der Waals surface area (Å²) in [6.07, 6.45) is 3.85. The van der Waals surface area contributed by atoms with Gasteiger partial charge in [0.25, 0.3) is 0 Å². The molecule has 0 saturated heterocycles. The second-order valence-corrected chi connectivity index (χ2v) is 6.30. The minimum absolute atomic E-state index is 0.0260. The van der Waals surface area contributed by atoms with Crippen molar-refractivity contribution in [2.45, 2.75) is 58.4 Å². The topological polar surface area (TPSA) is 92.7 Å². The Morgan fingerprint density at radius 3 is 2.52 bits per heavy atom. The van der Waals surface area contributed by atoms with E-state index in [-0.39, 0.29) is 30.1 Å². The van der Waals surface area contributed by atoms with E-state index in [0.717, 1.165) is 25.7 Å². The third-order valence-corrected chi connectivity index (χ3v) is 4.30. The average Bonchev–Trinajstić information content (AvgIpc) is 2.41. The molecule has 1 amide bonds. The summed E-state index contributed by atoms with van der Waals surface area (Å²) in [7, 11) is 1.25. The van der Waals surface area contributed by atoms with Crippen LogP contribution in [0.25, 0.3) is 0 Å². The van der Waals surface area contributed by atoms with Crippen LogP contribution in [0.4, 0.5) is 0 Å². The molecule has 1 aliphatic carbocycles. The molecule has 0 bridgehead atoms. The van der Waals surface area contributed by atoms with Gasteiger partial charge in [-0.15, -0.1) is 0 Å². The lowest BCUT2D eigenvalue weighted by molar-refractivity contribution is -0.145. The molecular weight excluding hydrogens is 274 g/mol. The third-order valence-electron chi connectivity index (χ3n) is 4.30. The molecule has 6 nitrogen and oxygen atoms in total. The van der Waals surface area contributed by atoms with Gasteiger partial charge < -0.3 is 15.2 Å². The number of carbonyl (C=O) groups excluding carboxylic acids is 2. The van der Waals surface area contributed by atoms with Gasteiger partial charge in [-0.05, 0) is 24.7 Å². The number of carboxylic acid groups (broad SMARTS) is 1. The van der Waals surface area contributed by atoms with Crippen molar-refractivity contribution in [1.82, 2.24) is 5.32 Å². The molecule has 2 N–H and O–H groups in total. The van der Waals surface area contributed by atoms with Crippen LogP contribution in [0.1, 0.15) is 52.4 Å². The molecule has 2 atom stereocenters. The fraction of sp³-hybridized carbons (Fsp3) is 0.800. The van der Waals surface area contributed by atoms with E-state index in [2.05, 4.69) is 10.1 Å². The molecule has 0 aromatic heterocycles. The van der Waals surface area contributed by atoms with E-state index in [1.165, 1.54) is 7.11 Å². The van der Waals surface area contributed by atoms with Crippen LogP contribution in [0.3, 0.4) is 0 Å². The standard InChI is InChI=1S/C15H25NO5/c1-15(2)9-5-4-6-10(15)13(18)16-11(14(19)20)7-8-12(17)21-3/h10-11H,4-9H2,1-3H3,(H,16,18)(H,19,20)/t10?,11-/m1/s1. The number of esters is 1. The van der Waals surface area contributed by atoms with Crippen LogP contribution in [0.5, 0.6) is 0 Å². The Bertz CT molecular complexity index is 405. The van der Waals surface area contributed by atoms with E-state index in [4.69, 9.17) is 5.11 Å². The normalized spacial score (nSPS) is 22.1. The highest BCUT2D eigenvalue weighted by atomic mass is 16.5. The van der Waals surface area contributed by atoms with E-state index >= 15 is 0 Å². The highest BCUT2D eigenvalue weighted by molar-refractivity contribution is 5.85. The second kappa shape index (κ2) is 7.43. The van der Waals surface area contributed by atoms with Crippen molar-refractivity contribution in [2.24, 2.45) is 11.3 Å². The fourth-order valence-electron chi connectivity index (χ4n) is 2.87. The summed E-state index contributed by atoms with van der Waals surface area (Å²) in [4.78, 5) is 34.7. The van der Waals surface area contributed by atoms with Crippen molar-refractivity contribution < 1.29 is 24.2 Å². The number of hydrogen-bond acceptors (Lipinski definition) is 4. The Morgan fingerprint density at radius 2 is 2.00 bits per heavy atom. The van der Waals surface area contributed by atoms with E-state index in [0.29, 0.717) is 0 Å². The molecule has 0 aromatic carbocycles. The second-order valence-electron chi connectivity index (χ2n) is 6.30. The van der Waals surface area contributed by atoms with Crippen LogP contribution in [-0.4, -0.2) is 36.1 Å². The first-order chi connectivity index (χ1) is 9.77. The van der Waals surface area contributed by atoms with Crippen LogP contribution in [-0.2, 0) is 19.1 Å². The lowest BCUT2D eigenvalue weighted by Gasteiger charge is -2.38. The molecule has 1 aliphatic rings. The predicted octanol–water partition coefficient (Wildman–Crippen LogP) is 1.73. The summed E-state index contributed by atoms with van der Waals surface area (Å²) in [5, 5.41) is 11.7. The Morgan fingerprint density at radius 1 is 1.33 bits per heavy atom. The molecule has 0 aliphatic heterocycles. The van der Waals surface area contributed by atoms with E-state index in [1.54, 1.807) is 0 Å². The van der Waals surface area contributed by atoms with Gasteiger partial charge in [-0.3, -0.25) is 9.59 Å². The monoisotopic (exact) mass is 299 g/mol. The number of hydrogen-bond donors (Lipinski definition) is 2. The van der Waals surface area contributed by atoms with Gasteiger partial charge in [0.1, 0.15) is 6.04 Å². The van der Waals surface area contributed by atoms with Gasteiger partial charge in [-0.1, -0.05) is 26.7 Å². The molecule has 0 radical (unpaired) electrons. The molecule has 21 heavy (non-hydrogen) atoms. The van der Waals surface area contributed by atoms with Crippen LogP contribution in [0.15, 0.2) is 0 Å². The van der Waals surface area contributed by atoms with Gasteiger partial charge in [-0.25, -0.2) is 4.79 Å². The number of methoxy groups -OCH3 is 1. The van der Waals surface area contributed by atoms with Gasteiger partial charge in [-0.2, -0.15) is 0 Å². The molecule has 1 fully saturated rings. The molecule has 120 valence electrons. The number of nitrogens with one attached hydrogen (secondary N) is 1. The van der Waals surface area contributed by atoms with E-state index in [1.807, 2.05) is 13.8 Å². The number of aliphatic carboxylic acids is 1. The molecule has 0 spiro atoms. The quantitative estimate of drug-likeness (QED) is 0.729. The molecule has 6 heteroatoms. The van der Waals surface area contributed by atoms with E-state index < -0.39 is 18.0 Å². The molecule has 1 unspecified atom stereocenters. The van der Waals surface area contributed by atoms with E-state index in [9.17, 15) is 14.4 Å². The lowest BCUT2D eigenvalue weighted by atomic mass is 9.68. The largest absolute Gasteiger partial charge is 0.480 e. The highest BCUT2D eigenvalue weighted by Crippen LogP contribution is 2.40. The fourth-order valence-corrected chi connectivity index (χ4v) is 2.87. The van der Waals surface area contributed by atoms with Crippen molar-refractivity contribution in [3.63, 3.8) is 0 Å². The highest BCUT2D eigenvalue weighted by Gasteiger charge is 2.38. The summed E-state index contributed by atoms with van der Waals surface area (Å²) < 4.78 is 4.49. The third kappa shape index (κ3) is 5.02. The Labute approximate surface area is 125 Å². The van der Waals surface area contributed by atoms with Gasteiger partial charge in [0.15, 0.2) is 0 Å². The first kappa shape index (κ1) is 17.5. The van der Waals surface area contributed by atoms with Crippen LogP contribution in [0, 0.1) is 11.3 Å². The summed E-state index contributed by atoms with van der Waals surface area (Å²) in [6, 6.07) is -1.05. The molecule has 1 rings (SSSR count). The number of amides is 1. The maximum absolute atomic E-state index is 12.4. The first-order valence-corrected chi connectivity index (χ1v) is 7.38.